The number of nitrogens with zero attached hydrogens (tertiary/aromatic N) is 4. The van der Waals surface area contributed by atoms with Crippen LogP contribution in [0.1, 0.15) is 128 Å². The van der Waals surface area contributed by atoms with E-state index in [9.17, 15) is 9.59 Å². The van der Waals surface area contributed by atoms with Gasteiger partial charge < -0.3 is 19.7 Å². The molecule has 0 fully saturated rings. The quantitative estimate of drug-likeness (QED) is 0.142. The van der Waals surface area contributed by atoms with Gasteiger partial charge in [-0.15, -0.1) is 0 Å². The van der Waals surface area contributed by atoms with Crippen LogP contribution in [0, 0.1) is 13.8 Å². The molecule has 0 spiro atoms. The smallest absolute Gasteiger partial charge is 0.224 e. The fraction of sp³-hybridized carbons (Fsp3) is 0.395. The Kier molecular flexibility index (Phi) is 16.3. The summed E-state index contributed by atoms with van der Waals surface area (Å²) in [6, 6.07) is 19.9. The first kappa shape index (κ1) is 42.0. The molecule has 0 unspecified atom stereocenters. The molecule has 0 aliphatic heterocycles. The largest absolute Gasteiger partial charge is 0.356 e. The second-order valence-electron chi connectivity index (χ2n) is 13.0. The lowest BCUT2D eigenvalue weighted by atomic mass is 10.0. The maximum atomic E-state index is 12.3. The van der Waals surface area contributed by atoms with E-state index >= 15 is 0 Å². The number of benzene rings is 2. The van der Waals surface area contributed by atoms with Gasteiger partial charge in [0, 0.05) is 20.5 Å². The fourth-order valence-corrected chi connectivity index (χ4v) is 5.34. The first-order chi connectivity index (χ1) is 25.5. The Bertz CT molecular complexity index is 2040. The van der Waals surface area contributed by atoms with Crippen LogP contribution in [0.2, 0.25) is 0 Å². The molecule has 2 aromatic carbocycles. The molecular formula is C43H60N6O4. The highest BCUT2D eigenvalue weighted by atomic mass is 16.5. The van der Waals surface area contributed by atoms with E-state index in [1.165, 1.54) is 11.1 Å². The van der Waals surface area contributed by atoms with Crippen molar-refractivity contribution in [1.29, 1.82) is 0 Å². The molecule has 1 atom stereocenters. The summed E-state index contributed by atoms with van der Waals surface area (Å²) in [5.41, 5.74) is 9.10. The molecule has 53 heavy (non-hydrogen) atoms. The summed E-state index contributed by atoms with van der Waals surface area (Å²) >= 11 is 0. The van der Waals surface area contributed by atoms with Gasteiger partial charge >= 0.3 is 0 Å². The van der Waals surface area contributed by atoms with Gasteiger partial charge in [-0.1, -0.05) is 114 Å². The Morgan fingerprint density at radius 1 is 0.660 bits per heavy atom. The van der Waals surface area contributed by atoms with E-state index in [0.717, 1.165) is 44.7 Å². The minimum absolute atomic E-state index is 0. The van der Waals surface area contributed by atoms with Gasteiger partial charge in [0.15, 0.2) is 11.2 Å². The van der Waals surface area contributed by atoms with Gasteiger partial charge in [-0.2, -0.15) is 0 Å². The first-order valence-electron chi connectivity index (χ1n) is 18.6. The first-order valence-corrected chi connectivity index (χ1v) is 18.6. The molecule has 6 aromatic rings. The number of carbonyl (C=O) groups excluding carboxylic acids is 2. The average molecular weight is 725 g/mol. The van der Waals surface area contributed by atoms with Crippen LogP contribution in [-0.2, 0) is 29.0 Å². The van der Waals surface area contributed by atoms with E-state index in [0.29, 0.717) is 42.4 Å². The Balaban J connectivity index is 0.000000489. The summed E-state index contributed by atoms with van der Waals surface area (Å²) in [6.07, 6.45) is 4.10. The number of nitrogens with one attached hydrogen (secondary N) is 2. The number of fused-ring (bicyclic) bond motifs is 2. The molecule has 0 aliphatic rings. The minimum atomic E-state index is -0.180. The molecule has 6 rings (SSSR count). The number of hydrogen-bond acceptors (Lipinski definition) is 8. The summed E-state index contributed by atoms with van der Waals surface area (Å²) < 4.78 is 10.4. The van der Waals surface area contributed by atoms with Gasteiger partial charge in [-0.05, 0) is 60.9 Å². The summed E-state index contributed by atoms with van der Waals surface area (Å²) in [5.74, 6) is 0.940. The third kappa shape index (κ3) is 12.1. The summed E-state index contributed by atoms with van der Waals surface area (Å²) in [7, 11) is 0. The highest BCUT2D eigenvalue weighted by Crippen LogP contribution is 2.22. The molecule has 0 bridgehead atoms. The SMILES string of the molecule is CC.CC.Cc1noc2cc(CNC(=O)Cc3ccc(C(C)C)cc3)ncc12.Cc1noc2cnc([C@@H](C)NC(=O)Cc3ccc(C(C)C)cc3)cc12.[HH].[HH]. The van der Waals surface area contributed by atoms with E-state index in [-0.39, 0.29) is 20.7 Å². The van der Waals surface area contributed by atoms with Crippen LogP contribution in [0.4, 0.5) is 0 Å². The monoisotopic (exact) mass is 724 g/mol. The van der Waals surface area contributed by atoms with Crippen LogP contribution in [0.3, 0.4) is 0 Å². The van der Waals surface area contributed by atoms with E-state index in [1.807, 2.05) is 84.9 Å². The molecule has 2 amide bonds. The third-order valence-corrected chi connectivity index (χ3v) is 8.46. The van der Waals surface area contributed by atoms with Crippen LogP contribution in [0.25, 0.3) is 21.9 Å². The van der Waals surface area contributed by atoms with E-state index in [2.05, 4.69) is 82.9 Å². The molecule has 0 aliphatic carbocycles. The van der Waals surface area contributed by atoms with Crippen molar-refractivity contribution in [3.63, 3.8) is 0 Å². The Morgan fingerprint density at radius 2 is 1.17 bits per heavy atom. The maximum absolute atomic E-state index is 12.3. The molecule has 286 valence electrons. The predicted octanol–water partition coefficient (Wildman–Crippen LogP) is 10.1. The number of carbonyl (C=O) groups is 2. The topological polar surface area (TPSA) is 136 Å². The number of aryl methyl sites for hydroxylation is 2. The lowest BCUT2D eigenvalue weighted by molar-refractivity contribution is -0.121. The third-order valence-electron chi connectivity index (χ3n) is 8.46. The number of pyridine rings is 2. The van der Waals surface area contributed by atoms with Gasteiger partial charge in [0.2, 0.25) is 11.8 Å². The van der Waals surface area contributed by atoms with Crippen LogP contribution < -0.4 is 10.6 Å². The van der Waals surface area contributed by atoms with Gasteiger partial charge in [0.1, 0.15) is 0 Å². The number of hydrogen-bond donors (Lipinski definition) is 2. The minimum Gasteiger partial charge on any atom is -0.356 e. The van der Waals surface area contributed by atoms with Crippen molar-refractivity contribution in [3.05, 3.63) is 118 Å². The average Bonchev–Trinajstić information content (AvgIpc) is 3.73. The van der Waals surface area contributed by atoms with Crippen molar-refractivity contribution in [2.75, 3.05) is 0 Å². The van der Waals surface area contributed by atoms with Crippen molar-refractivity contribution in [1.82, 2.24) is 30.9 Å². The highest BCUT2D eigenvalue weighted by Gasteiger charge is 2.15. The van der Waals surface area contributed by atoms with Crippen molar-refractivity contribution in [2.24, 2.45) is 0 Å². The second kappa shape index (κ2) is 20.6. The predicted molar refractivity (Wildman–Crippen MR) is 217 cm³/mol. The molecular weight excluding hydrogens is 665 g/mol. The number of aromatic nitrogens is 4. The van der Waals surface area contributed by atoms with Gasteiger partial charge in [0.05, 0.1) is 59.8 Å². The van der Waals surface area contributed by atoms with Crippen LogP contribution in [-0.4, -0.2) is 32.1 Å². The van der Waals surface area contributed by atoms with Crippen molar-refractivity contribution in [3.8, 4) is 0 Å². The fourth-order valence-electron chi connectivity index (χ4n) is 5.34. The van der Waals surface area contributed by atoms with Crippen molar-refractivity contribution < 1.29 is 21.5 Å². The second-order valence-corrected chi connectivity index (χ2v) is 13.0. The van der Waals surface area contributed by atoms with Crippen molar-refractivity contribution in [2.45, 2.75) is 113 Å². The molecule has 0 saturated carbocycles. The van der Waals surface area contributed by atoms with Gasteiger partial charge in [-0.3, -0.25) is 19.6 Å². The molecule has 4 aromatic heterocycles. The molecule has 10 heteroatoms. The number of rotatable bonds is 10. The van der Waals surface area contributed by atoms with Crippen LogP contribution in [0.5, 0.6) is 0 Å². The maximum Gasteiger partial charge on any atom is 0.224 e. The zero-order valence-electron chi connectivity index (χ0n) is 33.2. The molecule has 2 N–H and O–H groups in total. The molecule has 4 heterocycles. The molecule has 0 radical (unpaired) electrons. The zero-order chi connectivity index (χ0) is 39.1. The number of amides is 2. The van der Waals surface area contributed by atoms with Crippen LogP contribution in [0.15, 0.2) is 82.1 Å². The van der Waals surface area contributed by atoms with Crippen LogP contribution >= 0.6 is 0 Å². The molecule has 0 saturated heterocycles. The normalized spacial score (nSPS) is 11.2. The Morgan fingerprint density at radius 3 is 1.72 bits per heavy atom. The van der Waals surface area contributed by atoms with Crippen molar-refractivity contribution >= 4 is 33.8 Å². The summed E-state index contributed by atoms with van der Waals surface area (Å²) in [6.45, 7) is 22.7. The summed E-state index contributed by atoms with van der Waals surface area (Å²) in [4.78, 5) is 33.1. The van der Waals surface area contributed by atoms with Gasteiger partial charge in [-0.25, -0.2) is 0 Å². The summed E-state index contributed by atoms with van der Waals surface area (Å²) in [5, 5.41) is 15.6. The van der Waals surface area contributed by atoms with Gasteiger partial charge in [0.25, 0.3) is 0 Å². The zero-order valence-corrected chi connectivity index (χ0v) is 33.2. The van der Waals surface area contributed by atoms with E-state index in [4.69, 9.17) is 9.05 Å². The standard InChI is InChI=1S/C20H23N3O2.C19H21N3O2.2C2H6.2H2/c1-12(2)16-7-5-15(6-8-16)9-20(24)22-14(4)18-10-17-13(3)23-25-19(17)11-21-18;1-12(2)15-6-4-14(5-7-15)8-19(23)21-10-16-9-18-17(11-20-16)13(3)22-24-18;2*1-2;;/h5-8,10-12,14H,9H2,1-4H3,(H,22,24);4-7,9,11-12H,8,10H2,1-3H3,(H,21,23);2*1-2H3;2*1H/t14-;;;;;/m1...../s1. The lowest BCUT2D eigenvalue weighted by Gasteiger charge is -2.14. The Hall–Kier alpha value is -5.38. The lowest BCUT2D eigenvalue weighted by Crippen LogP contribution is -2.28. The Labute approximate surface area is 317 Å². The van der Waals surface area contributed by atoms with E-state index < -0.39 is 0 Å². The highest BCUT2D eigenvalue weighted by molar-refractivity contribution is 5.81. The van der Waals surface area contributed by atoms with E-state index in [1.54, 1.807) is 12.4 Å². The molecule has 10 nitrogen and oxygen atoms in total.